The van der Waals surface area contributed by atoms with Gasteiger partial charge in [0, 0.05) is 41.4 Å². The van der Waals surface area contributed by atoms with Gasteiger partial charge < -0.3 is 9.84 Å². The second-order valence-electron chi connectivity index (χ2n) is 12.4. The Kier molecular flexibility index (Phi) is 10.5. The number of carboxylic acid groups (broad SMARTS) is 1. The van der Waals surface area contributed by atoms with Crippen molar-refractivity contribution in [2.45, 2.75) is 72.3 Å². The molecule has 0 radical (unpaired) electrons. The van der Waals surface area contributed by atoms with Crippen molar-refractivity contribution in [2.75, 3.05) is 20.2 Å². The fraction of sp³-hybridized carbons (Fsp3) is 0.368. The molecule has 0 spiro atoms. The molecule has 3 aromatic carbocycles. The van der Waals surface area contributed by atoms with Crippen LogP contribution in [0.15, 0.2) is 59.0 Å². The lowest BCUT2D eigenvalue weighted by Gasteiger charge is -2.32. The van der Waals surface area contributed by atoms with Crippen LogP contribution in [0, 0.1) is 5.82 Å². The molecule has 1 saturated heterocycles. The topological polar surface area (TPSA) is 87.9 Å². The average molecular weight is 703 g/mol. The van der Waals surface area contributed by atoms with Crippen molar-refractivity contribution in [3.63, 3.8) is 0 Å². The molecule has 1 fully saturated rings. The van der Waals surface area contributed by atoms with Gasteiger partial charge in [-0.25, -0.2) is 13.7 Å². The molecule has 7 rings (SSSR count). The van der Waals surface area contributed by atoms with E-state index in [1.54, 1.807) is 12.3 Å². The van der Waals surface area contributed by atoms with E-state index in [0.29, 0.717) is 55.3 Å². The zero-order valence-electron chi connectivity index (χ0n) is 28.4. The summed E-state index contributed by atoms with van der Waals surface area (Å²) < 4.78 is 20.6. The number of halogens is 2. The standard InChI is InChI=1S/C36H35ClFN5O3S.C2H6/c1-3-39-42-15-5-4-7-25(42)20-29-30(37)13-12-28-27-8-6-16-46-31-18-22(17-23-19-24(38)10-11-26(23)31)9-14-32-40-41-33(47-32)21-43(2,34(28)29)35(27)36(44)45;1-2/h3,10-13,17-20H,4-9,14-16,21H2,1-2H3;1-2H3/p+1/b25-20+,39-3+;. The fourth-order valence-corrected chi connectivity index (χ4v) is 8.41. The number of piperidine rings is 1. The van der Waals surface area contributed by atoms with Gasteiger partial charge >= 0.3 is 5.97 Å². The minimum Gasteiger partial charge on any atom is -0.493 e. The second kappa shape index (κ2) is 14.8. The van der Waals surface area contributed by atoms with Gasteiger partial charge in [-0.2, -0.15) is 5.10 Å². The molecule has 0 amide bonds. The Morgan fingerprint density at radius 3 is 2.67 bits per heavy atom. The van der Waals surface area contributed by atoms with Crippen molar-refractivity contribution in [1.82, 2.24) is 19.7 Å². The molecule has 6 bridgehead atoms. The number of aliphatic carboxylic acids is 1. The van der Waals surface area contributed by atoms with Gasteiger partial charge in [0.1, 0.15) is 23.1 Å². The monoisotopic (exact) mass is 702 g/mol. The van der Waals surface area contributed by atoms with E-state index in [2.05, 4.69) is 21.4 Å². The molecule has 4 heterocycles. The van der Waals surface area contributed by atoms with Crippen molar-refractivity contribution in [3.8, 4) is 5.75 Å². The van der Waals surface area contributed by atoms with E-state index in [4.69, 9.17) is 16.3 Å². The number of rotatable bonds is 3. The van der Waals surface area contributed by atoms with Crippen molar-refractivity contribution < 1.29 is 19.0 Å². The first-order chi connectivity index (χ1) is 23.7. The number of nitrogens with zero attached hydrogens (tertiary/aromatic N) is 5. The summed E-state index contributed by atoms with van der Waals surface area (Å²) in [5, 5.41) is 30.3. The van der Waals surface area contributed by atoms with Crippen LogP contribution >= 0.6 is 22.9 Å². The van der Waals surface area contributed by atoms with E-state index < -0.39 is 5.97 Å². The van der Waals surface area contributed by atoms with Crippen LogP contribution in [-0.2, 0) is 24.2 Å². The number of allylic oxidation sites excluding steroid dienone is 2. The third kappa shape index (κ3) is 6.87. The van der Waals surface area contributed by atoms with Gasteiger partial charge in [0.15, 0.2) is 10.7 Å². The Morgan fingerprint density at radius 2 is 1.88 bits per heavy atom. The van der Waals surface area contributed by atoms with Crippen LogP contribution in [0.2, 0.25) is 5.02 Å². The highest BCUT2D eigenvalue weighted by atomic mass is 35.5. The van der Waals surface area contributed by atoms with E-state index >= 15 is 0 Å². The molecular formula is C38H42ClFN5O3S+. The maximum atomic E-state index is 14.2. The number of likely N-dealkylation sites (N-methyl/N-ethyl adjacent to an activating group) is 1. The molecule has 1 aromatic heterocycles. The maximum absolute atomic E-state index is 14.2. The Bertz CT molecular complexity index is 1990. The van der Waals surface area contributed by atoms with E-state index in [1.807, 2.05) is 57.1 Å². The van der Waals surface area contributed by atoms with Crippen LogP contribution in [0.4, 0.5) is 10.1 Å². The molecule has 49 heavy (non-hydrogen) atoms. The Balaban J connectivity index is 0.00000205. The lowest BCUT2D eigenvalue weighted by atomic mass is 9.97. The summed E-state index contributed by atoms with van der Waals surface area (Å²) in [5.74, 6) is -0.583. The summed E-state index contributed by atoms with van der Waals surface area (Å²) in [6, 6.07) is 12.6. The predicted molar refractivity (Wildman–Crippen MR) is 197 cm³/mol. The van der Waals surface area contributed by atoms with Crippen molar-refractivity contribution in [1.29, 1.82) is 0 Å². The number of ether oxygens (including phenoxy) is 1. The lowest BCUT2D eigenvalue weighted by molar-refractivity contribution is -0.134. The summed E-state index contributed by atoms with van der Waals surface area (Å²) in [6.07, 6.45) is 9.24. The highest BCUT2D eigenvalue weighted by molar-refractivity contribution is 7.11. The molecular weight excluding hydrogens is 661 g/mol. The van der Waals surface area contributed by atoms with Crippen molar-refractivity contribution >= 4 is 63.2 Å². The molecule has 4 aromatic rings. The highest BCUT2D eigenvalue weighted by Crippen LogP contribution is 2.51. The molecule has 1 N–H and O–H groups in total. The van der Waals surface area contributed by atoms with Crippen LogP contribution < -0.4 is 9.22 Å². The molecule has 3 aliphatic heterocycles. The first-order valence-corrected chi connectivity index (χ1v) is 18.2. The van der Waals surface area contributed by atoms with Gasteiger partial charge in [0.05, 0.1) is 24.2 Å². The van der Waals surface area contributed by atoms with Gasteiger partial charge in [0.25, 0.3) is 0 Å². The van der Waals surface area contributed by atoms with E-state index in [9.17, 15) is 14.3 Å². The lowest BCUT2D eigenvalue weighted by Crippen LogP contribution is -2.45. The smallest absolute Gasteiger partial charge is 0.391 e. The average Bonchev–Trinajstić information content (AvgIpc) is 3.63. The summed E-state index contributed by atoms with van der Waals surface area (Å²) in [5.41, 5.74) is 5.69. The molecule has 1 atom stereocenters. The Morgan fingerprint density at radius 1 is 1.06 bits per heavy atom. The quantitative estimate of drug-likeness (QED) is 0.169. The second-order valence-corrected chi connectivity index (χ2v) is 14.0. The third-order valence-corrected chi connectivity index (χ3v) is 10.6. The number of hydrogen-bond donors (Lipinski definition) is 1. The van der Waals surface area contributed by atoms with Gasteiger partial charge in [0.2, 0.25) is 5.70 Å². The molecule has 1 unspecified atom stereocenters. The van der Waals surface area contributed by atoms with Gasteiger partial charge in [-0.3, -0.25) is 5.01 Å². The molecule has 8 nitrogen and oxygen atoms in total. The third-order valence-electron chi connectivity index (χ3n) is 9.27. The number of carbonyl (C=O) groups is 1. The van der Waals surface area contributed by atoms with Crippen LogP contribution in [0.25, 0.3) is 22.4 Å². The van der Waals surface area contributed by atoms with E-state index in [1.165, 1.54) is 23.5 Å². The van der Waals surface area contributed by atoms with Gasteiger partial charge in [-0.15, -0.1) is 10.2 Å². The summed E-state index contributed by atoms with van der Waals surface area (Å²) in [4.78, 5) is 13.3. The zero-order chi connectivity index (χ0) is 34.7. The minimum atomic E-state index is -0.976. The molecule has 0 aliphatic carbocycles. The highest BCUT2D eigenvalue weighted by Gasteiger charge is 2.49. The number of benzene rings is 3. The number of carboxylic acids is 1. The number of aromatic nitrogens is 2. The molecule has 0 saturated carbocycles. The number of hydrogen-bond acceptors (Lipinski definition) is 7. The zero-order valence-corrected chi connectivity index (χ0v) is 30.0. The van der Waals surface area contributed by atoms with Crippen LogP contribution in [0.1, 0.15) is 79.6 Å². The van der Waals surface area contributed by atoms with E-state index in [-0.39, 0.29) is 10.3 Å². The van der Waals surface area contributed by atoms with E-state index in [0.717, 1.165) is 80.2 Å². The normalized spacial score (nSPS) is 20.3. The Labute approximate surface area is 295 Å². The van der Waals surface area contributed by atoms with Crippen molar-refractivity contribution in [2.24, 2.45) is 5.10 Å². The fourth-order valence-electron chi connectivity index (χ4n) is 7.24. The minimum absolute atomic E-state index is 0.0153. The Hall–Kier alpha value is -4.12. The maximum Gasteiger partial charge on any atom is 0.391 e. The predicted octanol–water partition coefficient (Wildman–Crippen LogP) is 9.25. The first kappa shape index (κ1) is 34.7. The SMILES string of the molecule is C/C=N/N1CCCC/C1=C\c1c(Cl)ccc2c1[N+]1(C)Cc3nnc(s3)CCc3cc(c4ccc(F)cc4c3)OCCCC2=C1C(=O)O.CC. The first-order valence-electron chi connectivity index (χ1n) is 17.0. The van der Waals surface area contributed by atoms with Crippen LogP contribution in [0.5, 0.6) is 5.75 Å². The largest absolute Gasteiger partial charge is 0.493 e. The number of aryl methyl sites for hydroxylation is 2. The van der Waals surface area contributed by atoms with Crippen LogP contribution in [-0.4, -0.2) is 52.7 Å². The number of quaternary nitrogens is 1. The molecule has 3 aliphatic rings. The van der Waals surface area contributed by atoms with Crippen LogP contribution in [0.3, 0.4) is 0 Å². The van der Waals surface area contributed by atoms with Gasteiger partial charge in [-0.1, -0.05) is 42.9 Å². The molecule has 256 valence electrons. The summed E-state index contributed by atoms with van der Waals surface area (Å²) in [6.45, 7) is 7.41. The number of fused-ring (bicyclic) bond motifs is 10. The summed E-state index contributed by atoms with van der Waals surface area (Å²) >= 11 is 8.50. The van der Waals surface area contributed by atoms with Crippen molar-refractivity contribution in [3.05, 3.63) is 91.4 Å². The number of hydrazone groups is 1. The van der Waals surface area contributed by atoms with Gasteiger partial charge in [-0.05, 0) is 98.9 Å². The summed E-state index contributed by atoms with van der Waals surface area (Å²) in [7, 11) is 1.95. The molecule has 11 heteroatoms.